The molecule has 0 aliphatic rings. The number of hydrogen-bond acceptors (Lipinski definition) is 5. The van der Waals surface area contributed by atoms with Gasteiger partial charge in [-0.2, -0.15) is 0 Å². The summed E-state index contributed by atoms with van der Waals surface area (Å²) < 4.78 is 14.8. The fourth-order valence-electron chi connectivity index (χ4n) is 2.81. The molecule has 28 heavy (non-hydrogen) atoms. The number of rotatable bonds is 7. The Morgan fingerprint density at radius 2 is 1.89 bits per heavy atom. The zero-order valence-electron chi connectivity index (χ0n) is 16.0. The van der Waals surface area contributed by atoms with E-state index in [2.05, 4.69) is 9.88 Å². The van der Waals surface area contributed by atoms with Gasteiger partial charge < -0.3 is 4.90 Å². The molecule has 1 heterocycles. The molecule has 2 aromatic carbocycles. The highest BCUT2D eigenvalue weighted by Crippen LogP contribution is 2.32. The van der Waals surface area contributed by atoms with Gasteiger partial charge in [0.25, 0.3) is 5.91 Å². The van der Waals surface area contributed by atoms with E-state index in [4.69, 9.17) is 0 Å². The maximum atomic E-state index is 14.1. The van der Waals surface area contributed by atoms with Crippen molar-refractivity contribution in [1.82, 2.24) is 9.88 Å². The minimum Gasteiger partial charge on any atom is -0.309 e. The molecule has 0 radical (unpaired) electrons. The number of amides is 1. The quantitative estimate of drug-likeness (QED) is 0.475. The van der Waals surface area contributed by atoms with Crippen LogP contribution < -0.4 is 4.90 Å². The standard InChI is InChI=1S/C20H22FN3OS2.ClH/c1-23(2)12-7-13-24(19(25)14-8-4-5-10-16(14)26-3)20-22-18-15(21)9-6-11-17(18)27-20;/h4-6,8-11H,7,12-13H2,1-3H3;1H. The van der Waals surface area contributed by atoms with Gasteiger partial charge in [0.15, 0.2) is 5.13 Å². The molecule has 0 unspecified atom stereocenters. The van der Waals surface area contributed by atoms with Crippen LogP contribution in [0.25, 0.3) is 10.2 Å². The highest BCUT2D eigenvalue weighted by Gasteiger charge is 2.23. The SMILES string of the molecule is CSc1ccccc1C(=O)N(CCCN(C)C)c1nc2c(F)cccc2s1.Cl. The topological polar surface area (TPSA) is 36.4 Å². The Morgan fingerprint density at radius 3 is 2.57 bits per heavy atom. The number of benzene rings is 2. The van der Waals surface area contributed by atoms with E-state index in [0.29, 0.717) is 22.8 Å². The van der Waals surface area contributed by atoms with Crippen molar-refractivity contribution in [3.8, 4) is 0 Å². The van der Waals surface area contributed by atoms with Gasteiger partial charge in [-0.1, -0.05) is 29.5 Å². The third-order valence-corrected chi connectivity index (χ3v) is 6.00. The van der Waals surface area contributed by atoms with Crippen molar-refractivity contribution >= 4 is 56.8 Å². The predicted molar refractivity (Wildman–Crippen MR) is 120 cm³/mol. The molecule has 0 saturated carbocycles. The molecule has 8 heteroatoms. The van der Waals surface area contributed by atoms with E-state index < -0.39 is 0 Å². The molecular formula is C20H23ClFN3OS2. The second-order valence-electron chi connectivity index (χ2n) is 6.40. The van der Waals surface area contributed by atoms with Crippen molar-refractivity contribution in [3.05, 3.63) is 53.8 Å². The van der Waals surface area contributed by atoms with E-state index in [1.54, 1.807) is 11.0 Å². The first-order valence-corrected chi connectivity index (χ1v) is 10.7. The highest BCUT2D eigenvalue weighted by molar-refractivity contribution is 7.98. The largest absolute Gasteiger partial charge is 0.309 e. The van der Waals surface area contributed by atoms with Gasteiger partial charge in [-0.05, 0) is 57.6 Å². The number of aromatic nitrogens is 1. The number of halogens is 2. The minimum absolute atomic E-state index is 0. The van der Waals surface area contributed by atoms with Crippen LogP contribution in [0, 0.1) is 5.82 Å². The lowest BCUT2D eigenvalue weighted by Gasteiger charge is -2.22. The smallest absolute Gasteiger partial charge is 0.261 e. The van der Waals surface area contributed by atoms with Gasteiger partial charge in [0.05, 0.1) is 10.3 Å². The molecule has 0 saturated heterocycles. The average Bonchev–Trinajstić information content (AvgIpc) is 3.10. The summed E-state index contributed by atoms with van der Waals surface area (Å²) in [7, 11) is 4.00. The van der Waals surface area contributed by atoms with Gasteiger partial charge in [0.1, 0.15) is 11.3 Å². The normalized spacial score (nSPS) is 10.9. The van der Waals surface area contributed by atoms with Crippen molar-refractivity contribution in [2.75, 3.05) is 38.3 Å². The van der Waals surface area contributed by atoms with E-state index in [9.17, 15) is 9.18 Å². The summed E-state index contributed by atoms with van der Waals surface area (Å²) in [5.74, 6) is -0.460. The summed E-state index contributed by atoms with van der Waals surface area (Å²) in [5.41, 5.74) is 0.968. The van der Waals surface area contributed by atoms with E-state index in [0.717, 1.165) is 22.6 Å². The molecule has 0 aliphatic carbocycles. The number of fused-ring (bicyclic) bond motifs is 1. The van der Waals surface area contributed by atoms with Crippen LogP contribution in [-0.4, -0.2) is 49.2 Å². The Labute approximate surface area is 179 Å². The molecule has 0 atom stereocenters. The summed E-state index contributed by atoms with van der Waals surface area (Å²) in [6, 6.07) is 12.5. The van der Waals surface area contributed by atoms with Crippen LogP contribution in [0.4, 0.5) is 9.52 Å². The number of carbonyl (C=O) groups is 1. The molecule has 0 aliphatic heterocycles. The van der Waals surface area contributed by atoms with Crippen LogP contribution in [0.2, 0.25) is 0 Å². The second kappa shape index (κ2) is 10.2. The van der Waals surface area contributed by atoms with E-state index >= 15 is 0 Å². The van der Waals surface area contributed by atoms with Crippen LogP contribution in [0.5, 0.6) is 0 Å². The number of carbonyl (C=O) groups excluding carboxylic acids is 1. The zero-order valence-corrected chi connectivity index (χ0v) is 18.5. The number of hydrogen-bond donors (Lipinski definition) is 0. The Morgan fingerprint density at radius 1 is 1.14 bits per heavy atom. The highest BCUT2D eigenvalue weighted by atomic mass is 35.5. The summed E-state index contributed by atoms with van der Waals surface area (Å²) >= 11 is 2.89. The van der Waals surface area contributed by atoms with Crippen LogP contribution in [-0.2, 0) is 0 Å². The zero-order chi connectivity index (χ0) is 19.4. The van der Waals surface area contributed by atoms with Crippen LogP contribution in [0.3, 0.4) is 0 Å². The second-order valence-corrected chi connectivity index (χ2v) is 8.25. The van der Waals surface area contributed by atoms with Crippen molar-refractivity contribution in [2.24, 2.45) is 0 Å². The lowest BCUT2D eigenvalue weighted by atomic mass is 10.2. The van der Waals surface area contributed by atoms with Crippen molar-refractivity contribution < 1.29 is 9.18 Å². The first-order chi connectivity index (χ1) is 13.0. The van der Waals surface area contributed by atoms with Gasteiger partial charge in [0, 0.05) is 11.4 Å². The molecule has 0 N–H and O–H groups in total. The van der Waals surface area contributed by atoms with Crippen molar-refractivity contribution in [2.45, 2.75) is 11.3 Å². The Kier molecular flexibility index (Phi) is 8.24. The molecule has 150 valence electrons. The van der Waals surface area contributed by atoms with E-state index in [1.807, 2.05) is 50.7 Å². The predicted octanol–water partition coefficient (Wildman–Crippen LogP) is 5.18. The number of thiazole rings is 1. The minimum atomic E-state index is -0.361. The molecule has 3 aromatic rings. The van der Waals surface area contributed by atoms with Crippen molar-refractivity contribution in [3.63, 3.8) is 0 Å². The molecule has 0 spiro atoms. The number of nitrogens with zero attached hydrogens (tertiary/aromatic N) is 3. The Bertz CT molecular complexity index is 948. The monoisotopic (exact) mass is 439 g/mol. The number of thioether (sulfide) groups is 1. The lowest BCUT2D eigenvalue weighted by Crippen LogP contribution is -2.33. The third-order valence-electron chi connectivity index (χ3n) is 4.16. The first-order valence-electron chi connectivity index (χ1n) is 8.66. The third kappa shape index (κ3) is 5.03. The Balaban J connectivity index is 0.00000280. The molecule has 0 fully saturated rings. The summed E-state index contributed by atoms with van der Waals surface area (Å²) in [4.78, 5) is 22.5. The average molecular weight is 440 g/mol. The lowest BCUT2D eigenvalue weighted by molar-refractivity contribution is 0.0983. The molecule has 3 rings (SSSR count). The van der Waals surface area contributed by atoms with Crippen LogP contribution in [0.1, 0.15) is 16.8 Å². The van der Waals surface area contributed by atoms with Crippen molar-refractivity contribution in [1.29, 1.82) is 0 Å². The maximum absolute atomic E-state index is 14.1. The molecule has 0 bridgehead atoms. The fourth-order valence-corrected chi connectivity index (χ4v) is 4.41. The first kappa shape index (κ1) is 22.6. The molecular weight excluding hydrogens is 417 g/mol. The number of anilines is 1. The van der Waals surface area contributed by atoms with E-state index in [1.165, 1.54) is 29.2 Å². The van der Waals surface area contributed by atoms with Gasteiger partial charge in [-0.25, -0.2) is 9.37 Å². The molecule has 1 amide bonds. The summed E-state index contributed by atoms with van der Waals surface area (Å²) in [6.07, 6.45) is 2.76. The fraction of sp³-hybridized carbons (Fsp3) is 0.300. The van der Waals surface area contributed by atoms with Gasteiger partial charge in [-0.15, -0.1) is 24.2 Å². The molecule has 4 nitrogen and oxygen atoms in total. The Hall–Kier alpha value is -1.67. The van der Waals surface area contributed by atoms with Gasteiger partial charge in [0.2, 0.25) is 0 Å². The summed E-state index contributed by atoms with van der Waals surface area (Å²) in [5, 5.41) is 0.537. The number of para-hydroxylation sites is 1. The van der Waals surface area contributed by atoms with Gasteiger partial charge >= 0.3 is 0 Å². The van der Waals surface area contributed by atoms with Gasteiger partial charge in [-0.3, -0.25) is 9.69 Å². The summed E-state index contributed by atoms with van der Waals surface area (Å²) in [6.45, 7) is 1.38. The maximum Gasteiger partial charge on any atom is 0.261 e. The van der Waals surface area contributed by atoms with Crippen LogP contribution >= 0.6 is 35.5 Å². The van der Waals surface area contributed by atoms with E-state index in [-0.39, 0.29) is 24.1 Å². The van der Waals surface area contributed by atoms with Crippen LogP contribution in [0.15, 0.2) is 47.4 Å². The molecule has 1 aromatic heterocycles.